The molecule has 0 aliphatic heterocycles. The van der Waals surface area contributed by atoms with Gasteiger partial charge in [-0.05, 0) is 52.3 Å². The summed E-state index contributed by atoms with van der Waals surface area (Å²) in [6.45, 7) is 7.58. The molecule has 0 saturated carbocycles. The number of hydrogen-bond acceptors (Lipinski definition) is 4. The molecule has 0 aliphatic rings. The van der Waals surface area contributed by atoms with Crippen molar-refractivity contribution < 1.29 is 14.1 Å². The first kappa shape index (κ1) is 17.3. The summed E-state index contributed by atoms with van der Waals surface area (Å²) in [6.07, 6.45) is 0.989. The maximum atomic E-state index is 12.1. The van der Waals surface area contributed by atoms with Gasteiger partial charge >= 0.3 is 0 Å². The van der Waals surface area contributed by atoms with Gasteiger partial charge in [0.05, 0.1) is 16.8 Å². The molecule has 2 rings (SSSR count). The molecule has 1 aromatic heterocycles. The number of halogens is 1. The summed E-state index contributed by atoms with van der Waals surface area (Å²) in [5.41, 5.74) is 2.46. The van der Waals surface area contributed by atoms with Crippen LogP contribution in [0.1, 0.15) is 37.3 Å². The van der Waals surface area contributed by atoms with E-state index in [0.29, 0.717) is 29.3 Å². The molecule has 0 bridgehead atoms. The molecule has 6 heteroatoms. The molecule has 0 fully saturated rings. The quantitative estimate of drug-likeness (QED) is 0.854. The SMILES string of the molecule is Cc1noc(C)c1CCC(=O)Nc1ccc(OC(C)C)c(Cl)c1. The maximum absolute atomic E-state index is 12.1. The Morgan fingerprint density at radius 1 is 1.39 bits per heavy atom. The number of aryl methyl sites for hydroxylation is 2. The Labute approximate surface area is 141 Å². The molecule has 1 aromatic carbocycles. The Kier molecular flexibility index (Phi) is 5.66. The number of carbonyl (C=O) groups excluding carboxylic acids is 1. The summed E-state index contributed by atoms with van der Waals surface area (Å²) >= 11 is 6.16. The van der Waals surface area contributed by atoms with Crippen molar-refractivity contribution in [1.29, 1.82) is 0 Å². The van der Waals surface area contributed by atoms with Crippen molar-refractivity contribution in [1.82, 2.24) is 5.16 Å². The lowest BCUT2D eigenvalue weighted by Gasteiger charge is -2.12. The summed E-state index contributed by atoms with van der Waals surface area (Å²) in [7, 11) is 0. The highest BCUT2D eigenvalue weighted by Gasteiger charge is 2.12. The molecular weight excluding hydrogens is 316 g/mol. The number of rotatable bonds is 6. The Morgan fingerprint density at radius 3 is 2.70 bits per heavy atom. The van der Waals surface area contributed by atoms with Crippen molar-refractivity contribution in [3.8, 4) is 5.75 Å². The van der Waals surface area contributed by atoms with Gasteiger partial charge in [0, 0.05) is 17.7 Å². The van der Waals surface area contributed by atoms with Crippen molar-refractivity contribution >= 4 is 23.2 Å². The van der Waals surface area contributed by atoms with E-state index in [1.54, 1.807) is 18.2 Å². The monoisotopic (exact) mass is 336 g/mol. The number of ether oxygens (including phenoxy) is 1. The average Bonchev–Trinajstić information content (AvgIpc) is 2.78. The number of nitrogens with zero attached hydrogens (tertiary/aromatic N) is 1. The first-order valence-corrected chi connectivity index (χ1v) is 7.92. The normalized spacial score (nSPS) is 10.9. The molecule has 0 radical (unpaired) electrons. The van der Waals surface area contributed by atoms with E-state index in [4.69, 9.17) is 20.9 Å². The van der Waals surface area contributed by atoms with Gasteiger partial charge in [0.2, 0.25) is 5.91 Å². The van der Waals surface area contributed by atoms with Gasteiger partial charge in [-0.15, -0.1) is 0 Å². The third-order valence-corrected chi connectivity index (χ3v) is 3.66. The summed E-state index contributed by atoms with van der Waals surface area (Å²) in [6, 6.07) is 5.22. The molecule has 1 amide bonds. The van der Waals surface area contributed by atoms with E-state index in [1.807, 2.05) is 27.7 Å². The average molecular weight is 337 g/mol. The van der Waals surface area contributed by atoms with Crippen LogP contribution in [0.4, 0.5) is 5.69 Å². The lowest BCUT2D eigenvalue weighted by atomic mass is 10.1. The number of benzene rings is 1. The molecule has 1 N–H and O–H groups in total. The van der Waals surface area contributed by atoms with Gasteiger partial charge in [-0.2, -0.15) is 0 Å². The number of carbonyl (C=O) groups is 1. The highest BCUT2D eigenvalue weighted by atomic mass is 35.5. The summed E-state index contributed by atoms with van der Waals surface area (Å²) in [5, 5.41) is 7.19. The fourth-order valence-electron chi connectivity index (χ4n) is 2.25. The van der Waals surface area contributed by atoms with Gasteiger partial charge < -0.3 is 14.6 Å². The van der Waals surface area contributed by atoms with Crippen LogP contribution in [-0.2, 0) is 11.2 Å². The van der Waals surface area contributed by atoms with Crippen LogP contribution in [0.3, 0.4) is 0 Å². The van der Waals surface area contributed by atoms with Crippen LogP contribution in [0.25, 0.3) is 0 Å². The topological polar surface area (TPSA) is 64.4 Å². The van der Waals surface area contributed by atoms with E-state index < -0.39 is 0 Å². The fourth-order valence-corrected chi connectivity index (χ4v) is 2.47. The number of anilines is 1. The summed E-state index contributed by atoms with van der Waals surface area (Å²) in [4.78, 5) is 12.1. The smallest absolute Gasteiger partial charge is 0.224 e. The van der Waals surface area contributed by atoms with E-state index >= 15 is 0 Å². The Bertz CT molecular complexity index is 676. The minimum Gasteiger partial charge on any atom is -0.489 e. The minimum absolute atomic E-state index is 0.0444. The largest absolute Gasteiger partial charge is 0.489 e. The van der Waals surface area contributed by atoms with Gasteiger partial charge in [0.25, 0.3) is 0 Å². The van der Waals surface area contributed by atoms with Gasteiger partial charge in [-0.3, -0.25) is 4.79 Å². The Morgan fingerprint density at radius 2 is 2.13 bits per heavy atom. The molecule has 0 unspecified atom stereocenters. The second-order valence-corrected chi connectivity index (χ2v) is 6.07. The highest BCUT2D eigenvalue weighted by molar-refractivity contribution is 6.32. The van der Waals surface area contributed by atoms with Crippen LogP contribution < -0.4 is 10.1 Å². The van der Waals surface area contributed by atoms with Crippen molar-refractivity contribution in [2.45, 2.75) is 46.6 Å². The number of aromatic nitrogens is 1. The third kappa shape index (κ3) is 4.73. The van der Waals surface area contributed by atoms with Crippen LogP contribution in [0.15, 0.2) is 22.7 Å². The number of nitrogens with one attached hydrogen (secondary N) is 1. The molecule has 23 heavy (non-hydrogen) atoms. The second kappa shape index (κ2) is 7.51. The predicted octanol–water partition coefficient (Wildman–Crippen LogP) is 4.30. The summed E-state index contributed by atoms with van der Waals surface area (Å²) in [5.74, 6) is 1.28. The first-order valence-electron chi connectivity index (χ1n) is 7.54. The van der Waals surface area contributed by atoms with Crippen LogP contribution in [-0.4, -0.2) is 17.2 Å². The second-order valence-electron chi connectivity index (χ2n) is 5.66. The van der Waals surface area contributed by atoms with Gasteiger partial charge in [-0.1, -0.05) is 16.8 Å². The van der Waals surface area contributed by atoms with E-state index in [9.17, 15) is 4.79 Å². The Hall–Kier alpha value is -2.01. The minimum atomic E-state index is -0.0846. The third-order valence-electron chi connectivity index (χ3n) is 3.36. The van der Waals surface area contributed by atoms with E-state index in [2.05, 4.69) is 10.5 Å². The standard InChI is InChI=1S/C17H21ClN2O3/c1-10(2)22-16-7-5-13(9-15(16)18)19-17(21)8-6-14-11(3)20-23-12(14)4/h5,7,9-10H,6,8H2,1-4H3,(H,19,21). The van der Waals surface area contributed by atoms with Crippen LogP contribution in [0, 0.1) is 13.8 Å². The molecule has 1 heterocycles. The predicted molar refractivity (Wildman–Crippen MR) is 90.1 cm³/mol. The fraction of sp³-hybridized carbons (Fsp3) is 0.412. The lowest BCUT2D eigenvalue weighted by Crippen LogP contribution is -2.13. The van der Waals surface area contributed by atoms with Crippen molar-refractivity contribution in [3.05, 3.63) is 40.2 Å². The van der Waals surface area contributed by atoms with Crippen molar-refractivity contribution in [2.75, 3.05) is 5.32 Å². The molecule has 2 aromatic rings. The van der Waals surface area contributed by atoms with E-state index in [1.165, 1.54) is 0 Å². The van der Waals surface area contributed by atoms with Gasteiger partial charge in [0.15, 0.2) is 0 Å². The first-order chi connectivity index (χ1) is 10.9. The van der Waals surface area contributed by atoms with Crippen molar-refractivity contribution in [2.24, 2.45) is 0 Å². The van der Waals surface area contributed by atoms with Crippen LogP contribution in [0.2, 0.25) is 5.02 Å². The molecular formula is C17H21ClN2O3. The molecule has 124 valence electrons. The zero-order chi connectivity index (χ0) is 17.0. The number of hydrogen-bond donors (Lipinski definition) is 1. The molecule has 0 spiro atoms. The highest BCUT2D eigenvalue weighted by Crippen LogP contribution is 2.28. The molecule has 0 aliphatic carbocycles. The van der Waals surface area contributed by atoms with E-state index in [-0.39, 0.29) is 12.0 Å². The maximum Gasteiger partial charge on any atom is 0.224 e. The van der Waals surface area contributed by atoms with Gasteiger partial charge in [0.1, 0.15) is 11.5 Å². The Balaban J connectivity index is 1.94. The number of amides is 1. The van der Waals surface area contributed by atoms with E-state index in [0.717, 1.165) is 17.0 Å². The molecule has 0 atom stereocenters. The lowest BCUT2D eigenvalue weighted by molar-refractivity contribution is -0.116. The van der Waals surface area contributed by atoms with Gasteiger partial charge in [-0.25, -0.2) is 0 Å². The molecule has 5 nitrogen and oxygen atoms in total. The summed E-state index contributed by atoms with van der Waals surface area (Å²) < 4.78 is 10.7. The zero-order valence-corrected chi connectivity index (χ0v) is 14.5. The molecule has 0 saturated heterocycles. The van der Waals surface area contributed by atoms with Crippen molar-refractivity contribution in [3.63, 3.8) is 0 Å². The van der Waals surface area contributed by atoms with Crippen LogP contribution >= 0.6 is 11.6 Å². The zero-order valence-electron chi connectivity index (χ0n) is 13.8. The van der Waals surface area contributed by atoms with Crippen LogP contribution in [0.5, 0.6) is 5.75 Å².